The minimum Gasteiger partial charge on any atom is -0.481 e. The van der Waals surface area contributed by atoms with Crippen molar-refractivity contribution in [2.24, 2.45) is 11.7 Å². The Morgan fingerprint density at radius 1 is 1.60 bits per heavy atom. The van der Waals surface area contributed by atoms with Crippen LogP contribution in [0, 0.1) is 5.92 Å². The van der Waals surface area contributed by atoms with Gasteiger partial charge in [0.25, 0.3) is 0 Å². The molecule has 0 spiro atoms. The summed E-state index contributed by atoms with van der Waals surface area (Å²) in [6.45, 7) is 0.957. The normalized spacial score (nSPS) is 29.5. The molecule has 1 amide bonds. The highest BCUT2D eigenvalue weighted by molar-refractivity contribution is 5.88. The lowest BCUT2D eigenvalue weighted by molar-refractivity contribution is -0.150. The molecule has 0 aromatic rings. The Kier molecular flexibility index (Phi) is 3.65. The lowest BCUT2D eigenvalue weighted by Gasteiger charge is -2.43. The number of nitrogens with two attached hydrogens (primary N) is 1. The van der Waals surface area contributed by atoms with E-state index in [1.807, 2.05) is 0 Å². The molecule has 0 unspecified atom stereocenters. The molecule has 1 aliphatic rings. The molecule has 1 rings (SSSR count). The number of amides is 1. The number of primary amides is 1. The molecule has 0 saturated heterocycles. The highest BCUT2D eigenvalue weighted by atomic mass is 16.5. The number of methoxy groups -OCH3 is 1. The molecule has 1 fully saturated rings. The van der Waals surface area contributed by atoms with E-state index in [4.69, 9.17) is 15.6 Å². The molecule has 0 radical (unpaired) electrons. The van der Waals surface area contributed by atoms with E-state index in [2.05, 4.69) is 5.32 Å². The minimum absolute atomic E-state index is 0.265. The van der Waals surface area contributed by atoms with Gasteiger partial charge in [-0.05, 0) is 12.8 Å². The predicted octanol–water partition coefficient (Wildman–Crippen LogP) is -1.06. The topological polar surface area (TPSA) is 102 Å². The fourth-order valence-corrected chi connectivity index (χ4v) is 1.78. The summed E-state index contributed by atoms with van der Waals surface area (Å²) in [5.74, 6) is -1.83. The highest BCUT2D eigenvalue weighted by Crippen LogP contribution is 2.37. The summed E-state index contributed by atoms with van der Waals surface area (Å²) in [6.07, 6.45) is 0.531. The van der Waals surface area contributed by atoms with Crippen molar-refractivity contribution < 1.29 is 19.4 Å². The average molecular weight is 216 g/mol. The third-order valence-electron chi connectivity index (χ3n) is 2.78. The van der Waals surface area contributed by atoms with Crippen LogP contribution in [0.25, 0.3) is 0 Å². The van der Waals surface area contributed by atoms with Crippen LogP contribution in [0.4, 0.5) is 0 Å². The first kappa shape index (κ1) is 11.9. The number of nitrogens with one attached hydrogen (secondary N) is 1. The van der Waals surface area contributed by atoms with Crippen LogP contribution in [0.2, 0.25) is 0 Å². The first-order valence-corrected chi connectivity index (χ1v) is 4.78. The number of ether oxygens (including phenoxy) is 1. The largest absolute Gasteiger partial charge is 0.481 e. The maximum Gasteiger partial charge on any atom is 0.306 e. The Morgan fingerprint density at radius 2 is 2.20 bits per heavy atom. The third-order valence-corrected chi connectivity index (χ3v) is 2.78. The summed E-state index contributed by atoms with van der Waals surface area (Å²) in [6, 6.07) is 0. The first-order chi connectivity index (χ1) is 7.02. The summed E-state index contributed by atoms with van der Waals surface area (Å²) < 4.78 is 4.83. The van der Waals surface area contributed by atoms with E-state index in [0.29, 0.717) is 13.2 Å². The molecular formula is C9H16N2O4. The minimum atomic E-state index is -0.875. The summed E-state index contributed by atoms with van der Waals surface area (Å²) >= 11 is 0. The smallest absolute Gasteiger partial charge is 0.306 e. The number of carboxylic acids is 1. The van der Waals surface area contributed by atoms with Gasteiger partial charge in [-0.2, -0.15) is 0 Å². The van der Waals surface area contributed by atoms with Gasteiger partial charge in [0.05, 0.1) is 18.1 Å². The fourth-order valence-electron chi connectivity index (χ4n) is 1.78. The Hall–Kier alpha value is -1.14. The quantitative estimate of drug-likeness (QED) is 0.491. The molecule has 0 aromatic carbocycles. The Bertz CT molecular complexity index is 261. The van der Waals surface area contributed by atoms with Gasteiger partial charge in [0.15, 0.2) is 0 Å². The molecule has 0 aromatic heterocycles. The van der Waals surface area contributed by atoms with E-state index in [1.54, 1.807) is 7.11 Å². The molecular weight excluding hydrogens is 200 g/mol. The number of hydrogen-bond donors (Lipinski definition) is 3. The van der Waals surface area contributed by atoms with Crippen molar-refractivity contribution in [1.29, 1.82) is 0 Å². The Labute approximate surface area is 87.8 Å². The van der Waals surface area contributed by atoms with Gasteiger partial charge in [-0.1, -0.05) is 0 Å². The van der Waals surface area contributed by atoms with Gasteiger partial charge in [-0.15, -0.1) is 0 Å². The summed E-state index contributed by atoms with van der Waals surface area (Å²) in [4.78, 5) is 21.8. The van der Waals surface area contributed by atoms with Crippen LogP contribution in [0.3, 0.4) is 0 Å². The van der Waals surface area contributed by atoms with Crippen molar-refractivity contribution in [1.82, 2.24) is 5.32 Å². The number of carbonyl (C=O) groups excluding carboxylic acids is 1. The second-order valence-corrected chi connectivity index (χ2v) is 3.81. The molecule has 0 heterocycles. The number of carboxylic acid groups (broad SMARTS) is 1. The molecule has 4 N–H and O–H groups in total. The SMILES string of the molecule is COCCNC1(C(N)=O)CC(C(=O)O)C1. The number of aliphatic carboxylic acids is 1. The van der Waals surface area contributed by atoms with Gasteiger partial charge in [0, 0.05) is 13.7 Å². The number of rotatable bonds is 6. The van der Waals surface area contributed by atoms with Crippen molar-refractivity contribution in [3.05, 3.63) is 0 Å². The van der Waals surface area contributed by atoms with Crippen LogP contribution in [-0.4, -0.2) is 42.8 Å². The fraction of sp³-hybridized carbons (Fsp3) is 0.778. The van der Waals surface area contributed by atoms with Crippen molar-refractivity contribution in [2.75, 3.05) is 20.3 Å². The van der Waals surface area contributed by atoms with E-state index in [1.165, 1.54) is 0 Å². The van der Waals surface area contributed by atoms with Crippen LogP contribution in [0.1, 0.15) is 12.8 Å². The first-order valence-electron chi connectivity index (χ1n) is 4.78. The van der Waals surface area contributed by atoms with E-state index in [0.717, 1.165) is 0 Å². The maximum atomic E-state index is 11.2. The molecule has 1 aliphatic carbocycles. The van der Waals surface area contributed by atoms with Gasteiger partial charge >= 0.3 is 5.97 Å². The molecule has 15 heavy (non-hydrogen) atoms. The van der Waals surface area contributed by atoms with E-state index >= 15 is 0 Å². The van der Waals surface area contributed by atoms with Crippen LogP contribution in [0.15, 0.2) is 0 Å². The van der Waals surface area contributed by atoms with Crippen LogP contribution >= 0.6 is 0 Å². The Morgan fingerprint density at radius 3 is 2.60 bits per heavy atom. The van der Waals surface area contributed by atoms with Crippen molar-refractivity contribution in [3.63, 3.8) is 0 Å². The molecule has 6 nitrogen and oxygen atoms in total. The van der Waals surface area contributed by atoms with Gasteiger partial charge in [-0.25, -0.2) is 0 Å². The second kappa shape index (κ2) is 4.59. The summed E-state index contributed by atoms with van der Waals surface area (Å²) in [7, 11) is 1.56. The molecule has 6 heteroatoms. The predicted molar refractivity (Wildman–Crippen MR) is 52.2 cm³/mol. The molecule has 0 atom stereocenters. The van der Waals surface area contributed by atoms with E-state index < -0.39 is 23.3 Å². The lowest BCUT2D eigenvalue weighted by atomic mass is 9.67. The monoisotopic (exact) mass is 216 g/mol. The molecule has 1 saturated carbocycles. The molecule has 86 valence electrons. The third kappa shape index (κ3) is 2.45. The van der Waals surface area contributed by atoms with Gasteiger partial charge < -0.3 is 20.9 Å². The number of hydrogen-bond acceptors (Lipinski definition) is 4. The highest BCUT2D eigenvalue weighted by Gasteiger charge is 2.51. The van der Waals surface area contributed by atoms with Gasteiger partial charge in [0.2, 0.25) is 5.91 Å². The molecule has 0 bridgehead atoms. The van der Waals surface area contributed by atoms with Crippen molar-refractivity contribution in [2.45, 2.75) is 18.4 Å². The zero-order valence-corrected chi connectivity index (χ0v) is 8.66. The summed E-state index contributed by atoms with van der Waals surface area (Å²) in [5.41, 5.74) is 4.40. The van der Waals surface area contributed by atoms with Crippen LogP contribution < -0.4 is 11.1 Å². The van der Waals surface area contributed by atoms with Gasteiger partial charge in [0.1, 0.15) is 0 Å². The number of carbonyl (C=O) groups is 2. The van der Waals surface area contributed by atoms with Crippen molar-refractivity contribution in [3.8, 4) is 0 Å². The molecule has 0 aliphatic heterocycles. The van der Waals surface area contributed by atoms with Crippen molar-refractivity contribution >= 4 is 11.9 Å². The van der Waals surface area contributed by atoms with E-state index in [-0.39, 0.29) is 12.8 Å². The zero-order valence-electron chi connectivity index (χ0n) is 8.66. The summed E-state index contributed by atoms with van der Waals surface area (Å²) in [5, 5.41) is 11.7. The van der Waals surface area contributed by atoms with E-state index in [9.17, 15) is 9.59 Å². The average Bonchev–Trinajstić information content (AvgIpc) is 2.07. The van der Waals surface area contributed by atoms with Crippen LogP contribution in [-0.2, 0) is 14.3 Å². The standard InChI is InChI=1S/C9H16N2O4/c1-15-3-2-11-9(8(10)14)4-6(5-9)7(12)13/h6,11H,2-5H2,1H3,(H2,10,14)(H,12,13). The lowest BCUT2D eigenvalue weighted by Crippen LogP contribution is -2.65. The second-order valence-electron chi connectivity index (χ2n) is 3.81. The zero-order chi connectivity index (χ0) is 11.5. The maximum absolute atomic E-state index is 11.2. The van der Waals surface area contributed by atoms with Crippen LogP contribution in [0.5, 0.6) is 0 Å². The van der Waals surface area contributed by atoms with Gasteiger partial charge in [-0.3, -0.25) is 9.59 Å². The Balaban J connectivity index is 2.46.